The molecule has 1 aliphatic heterocycles. The van der Waals surface area contributed by atoms with Gasteiger partial charge in [0.1, 0.15) is 16.1 Å². The van der Waals surface area contributed by atoms with Crippen LogP contribution in [0.25, 0.3) is 0 Å². The molecular weight excluding hydrogens is 524 g/mol. The summed E-state index contributed by atoms with van der Waals surface area (Å²) in [5.41, 5.74) is 1.44. The second-order valence-electron chi connectivity index (χ2n) is 7.60. The molecule has 5 nitrogen and oxygen atoms in total. The number of benzene rings is 2. The maximum Gasteiger partial charge on any atom is 0.253 e. The molecule has 31 heavy (non-hydrogen) atoms. The van der Waals surface area contributed by atoms with E-state index < -0.39 is 0 Å². The second-order valence-corrected chi connectivity index (χ2v) is 9.32. The van der Waals surface area contributed by atoms with E-state index in [9.17, 15) is 4.79 Å². The van der Waals surface area contributed by atoms with Gasteiger partial charge in [-0.1, -0.05) is 15.9 Å². The number of methoxy groups -OCH3 is 1. The van der Waals surface area contributed by atoms with Crippen LogP contribution in [0.3, 0.4) is 0 Å². The topological polar surface area (TPSA) is 51.7 Å². The van der Waals surface area contributed by atoms with Gasteiger partial charge in [0.15, 0.2) is 0 Å². The molecule has 1 fully saturated rings. The molecule has 0 bridgehead atoms. The van der Waals surface area contributed by atoms with Gasteiger partial charge in [0, 0.05) is 34.7 Å². The van der Waals surface area contributed by atoms with Gasteiger partial charge in [0.05, 0.1) is 13.7 Å². The third kappa shape index (κ3) is 4.93. The molecule has 2 heterocycles. The summed E-state index contributed by atoms with van der Waals surface area (Å²) in [5, 5.41) is 0. The van der Waals surface area contributed by atoms with Crippen LogP contribution < -0.4 is 9.47 Å². The SMILES string of the molecule is COc1ccc(C(=O)N2CCC(COc3ccc(Br)cc3)(c3ccnc(Br)c3)C2)cc1. The molecule has 3 aromatic rings. The Kier molecular flexibility index (Phi) is 6.62. The zero-order valence-corrected chi connectivity index (χ0v) is 20.2. The van der Waals surface area contributed by atoms with Crippen LogP contribution in [0.5, 0.6) is 11.5 Å². The summed E-state index contributed by atoms with van der Waals surface area (Å²) < 4.78 is 13.2. The molecule has 7 heteroatoms. The number of hydrogen-bond acceptors (Lipinski definition) is 4. The first-order valence-corrected chi connectivity index (χ1v) is 11.5. The number of ether oxygens (including phenoxy) is 2. The molecule has 1 unspecified atom stereocenters. The summed E-state index contributed by atoms with van der Waals surface area (Å²) in [5.74, 6) is 1.55. The van der Waals surface area contributed by atoms with E-state index in [1.807, 2.05) is 65.6 Å². The summed E-state index contributed by atoms with van der Waals surface area (Å²) >= 11 is 6.94. The summed E-state index contributed by atoms with van der Waals surface area (Å²) in [4.78, 5) is 19.3. The van der Waals surface area contributed by atoms with Crippen molar-refractivity contribution in [3.8, 4) is 11.5 Å². The van der Waals surface area contributed by atoms with E-state index in [1.54, 1.807) is 13.3 Å². The van der Waals surface area contributed by atoms with Gasteiger partial charge in [-0.15, -0.1) is 0 Å². The van der Waals surface area contributed by atoms with Gasteiger partial charge < -0.3 is 14.4 Å². The standard InChI is InChI=1S/C24H22Br2N2O3/c1-30-20-6-2-17(3-7-20)23(29)28-13-11-24(15-28,18-10-12-27-22(26)14-18)16-31-21-8-4-19(25)5-9-21/h2-10,12,14H,11,13,15-16H2,1H3. The number of halogens is 2. The third-order valence-electron chi connectivity index (χ3n) is 5.65. The summed E-state index contributed by atoms with van der Waals surface area (Å²) in [6.45, 7) is 1.71. The second kappa shape index (κ2) is 9.40. The zero-order chi connectivity index (χ0) is 21.8. The molecule has 160 valence electrons. The van der Waals surface area contributed by atoms with Crippen LogP contribution in [0.4, 0.5) is 0 Å². The molecule has 0 radical (unpaired) electrons. The number of nitrogens with zero attached hydrogens (tertiary/aromatic N) is 2. The molecule has 2 aromatic carbocycles. The Morgan fingerprint density at radius 3 is 2.45 bits per heavy atom. The van der Waals surface area contributed by atoms with Crippen LogP contribution in [-0.4, -0.2) is 42.6 Å². The lowest BCUT2D eigenvalue weighted by Gasteiger charge is -2.30. The van der Waals surface area contributed by atoms with Crippen molar-refractivity contribution >= 4 is 37.8 Å². The third-order valence-corrected chi connectivity index (χ3v) is 6.61. The van der Waals surface area contributed by atoms with Gasteiger partial charge in [0.2, 0.25) is 0 Å². The molecule has 1 amide bonds. The quantitative estimate of drug-likeness (QED) is 0.385. The smallest absolute Gasteiger partial charge is 0.253 e. The van der Waals surface area contributed by atoms with Crippen LogP contribution in [0.2, 0.25) is 0 Å². The van der Waals surface area contributed by atoms with Crippen molar-refractivity contribution < 1.29 is 14.3 Å². The summed E-state index contributed by atoms with van der Waals surface area (Å²) in [6.07, 6.45) is 2.59. The average Bonchev–Trinajstić information content (AvgIpc) is 3.24. The Morgan fingerprint density at radius 1 is 1.06 bits per heavy atom. The number of carbonyl (C=O) groups is 1. The summed E-state index contributed by atoms with van der Waals surface area (Å²) in [7, 11) is 1.62. The number of amides is 1. The normalized spacial score (nSPS) is 18.1. The predicted octanol–water partition coefficient (Wildman–Crippen LogP) is 5.48. The molecular formula is C24H22Br2N2O3. The van der Waals surface area contributed by atoms with E-state index in [2.05, 4.69) is 36.8 Å². The Hall–Kier alpha value is -2.38. The fraction of sp³-hybridized carbons (Fsp3) is 0.250. The molecule has 1 aliphatic rings. The number of hydrogen-bond donors (Lipinski definition) is 0. The Bertz CT molecular complexity index is 1060. The van der Waals surface area contributed by atoms with E-state index in [4.69, 9.17) is 9.47 Å². The molecule has 1 saturated heterocycles. The number of aromatic nitrogens is 1. The van der Waals surface area contributed by atoms with E-state index in [1.165, 1.54) is 0 Å². The fourth-order valence-corrected chi connectivity index (χ4v) is 4.51. The van der Waals surface area contributed by atoms with Crippen molar-refractivity contribution in [2.24, 2.45) is 0 Å². The van der Waals surface area contributed by atoms with Crippen LogP contribution in [0.1, 0.15) is 22.3 Å². The number of pyridine rings is 1. The van der Waals surface area contributed by atoms with Crippen molar-refractivity contribution in [1.82, 2.24) is 9.88 Å². The predicted molar refractivity (Wildman–Crippen MR) is 127 cm³/mol. The van der Waals surface area contributed by atoms with Crippen molar-refractivity contribution in [1.29, 1.82) is 0 Å². The molecule has 0 spiro atoms. The minimum absolute atomic E-state index is 0.0151. The monoisotopic (exact) mass is 544 g/mol. The van der Waals surface area contributed by atoms with E-state index >= 15 is 0 Å². The van der Waals surface area contributed by atoms with Crippen LogP contribution in [0, 0.1) is 0 Å². The van der Waals surface area contributed by atoms with Crippen LogP contribution in [0.15, 0.2) is 75.9 Å². The number of carbonyl (C=O) groups excluding carboxylic acids is 1. The molecule has 4 rings (SSSR count). The maximum absolute atomic E-state index is 13.2. The van der Waals surface area contributed by atoms with Gasteiger partial charge in [-0.05, 0) is 88.6 Å². The highest BCUT2D eigenvalue weighted by Gasteiger charge is 2.42. The lowest BCUT2D eigenvalue weighted by Crippen LogP contribution is -2.38. The Labute approximate surface area is 198 Å². The molecule has 1 atom stereocenters. The average molecular weight is 546 g/mol. The van der Waals surface area contributed by atoms with Crippen LogP contribution >= 0.6 is 31.9 Å². The first-order valence-electron chi connectivity index (χ1n) is 9.93. The molecule has 0 N–H and O–H groups in total. The number of likely N-dealkylation sites (tertiary alicyclic amines) is 1. The van der Waals surface area contributed by atoms with E-state index in [-0.39, 0.29) is 11.3 Å². The zero-order valence-electron chi connectivity index (χ0n) is 17.1. The number of rotatable bonds is 6. The van der Waals surface area contributed by atoms with Crippen LogP contribution in [-0.2, 0) is 5.41 Å². The fourth-order valence-electron chi connectivity index (χ4n) is 3.88. The van der Waals surface area contributed by atoms with Gasteiger partial charge in [-0.25, -0.2) is 4.98 Å². The summed E-state index contributed by atoms with van der Waals surface area (Å²) in [6, 6.07) is 19.1. The van der Waals surface area contributed by atoms with Crippen molar-refractivity contribution in [2.75, 3.05) is 26.8 Å². The van der Waals surface area contributed by atoms with Gasteiger partial charge in [-0.3, -0.25) is 4.79 Å². The first kappa shape index (κ1) is 21.8. The highest BCUT2D eigenvalue weighted by molar-refractivity contribution is 9.10. The molecule has 1 aromatic heterocycles. The van der Waals surface area contributed by atoms with Crippen molar-refractivity contribution in [3.05, 3.63) is 87.1 Å². The minimum atomic E-state index is -0.319. The van der Waals surface area contributed by atoms with E-state index in [0.717, 1.165) is 32.6 Å². The van der Waals surface area contributed by atoms with Crippen molar-refractivity contribution in [3.63, 3.8) is 0 Å². The minimum Gasteiger partial charge on any atom is -0.497 e. The lowest BCUT2D eigenvalue weighted by atomic mass is 9.81. The lowest BCUT2D eigenvalue weighted by molar-refractivity contribution is 0.0776. The van der Waals surface area contributed by atoms with Gasteiger partial charge >= 0.3 is 0 Å². The van der Waals surface area contributed by atoms with E-state index in [0.29, 0.717) is 25.3 Å². The Balaban J connectivity index is 1.57. The Morgan fingerprint density at radius 2 is 1.77 bits per heavy atom. The highest BCUT2D eigenvalue weighted by Crippen LogP contribution is 2.37. The first-order chi connectivity index (χ1) is 15.0. The molecule has 0 aliphatic carbocycles. The van der Waals surface area contributed by atoms with Gasteiger partial charge in [-0.2, -0.15) is 0 Å². The largest absolute Gasteiger partial charge is 0.497 e. The highest BCUT2D eigenvalue weighted by atomic mass is 79.9. The van der Waals surface area contributed by atoms with Crippen molar-refractivity contribution in [2.45, 2.75) is 11.8 Å². The maximum atomic E-state index is 13.2. The van der Waals surface area contributed by atoms with Gasteiger partial charge in [0.25, 0.3) is 5.91 Å². The molecule has 0 saturated carbocycles.